The van der Waals surface area contributed by atoms with Crippen LogP contribution in [-0.4, -0.2) is 86.6 Å². The van der Waals surface area contributed by atoms with Crippen LogP contribution in [0.25, 0.3) is 0 Å². The van der Waals surface area contributed by atoms with Gasteiger partial charge < -0.3 is 34.6 Å². The van der Waals surface area contributed by atoms with Crippen molar-refractivity contribution in [2.75, 3.05) is 7.11 Å². The smallest absolute Gasteiger partial charge is 0.309 e. The van der Waals surface area contributed by atoms with Crippen LogP contribution in [0.4, 0.5) is 0 Å². The largest absolute Gasteiger partial charge is 0.459 e. The van der Waals surface area contributed by atoms with Gasteiger partial charge in [-0.25, -0.2) is 0 Å². The van der Waals surface area contributed by atoms with Crippen molar-refractivity contribution in [3.63, 3.8) is 0 Å². The van der Waals surface area contributed by atoms with Crippen LogP contribution in [0.2, 0.25) is 0 Å². The molecule has 1 unspecified atom stereocenters. The molecule has 2 heterocycles. The van der Waals surface area contributed by atoms with E-state index in [1.807, 2.05) is 20.8 Å². The van der Waals surface area contributed by atoms with Crippen molar-refractivity contribution < 1.29 is 44.2 Å². The molecule has 2 rings (SSSR count). The topological polar surface area (TPSA) is 143 Å². The minimum Gasteiger partial charge on any atom is -0.459 e. The fourth-order valence-electron chi connectivity index (χ4n) is 7.09. The normalized spacial score (nSPS) is 51.2. The van der Waals surface area contributed by atoms with E-state index < -0.39 is 77.0 Å². The maximum atomic E-state index is 13.7. The van der Waals surface area contributed by atoms with Crippen LogP contribution in [0.5, 0.6) is 0 Å². The third-order valence-electron chi connectivity index (χ3n) is 10.3. The van der Waals surface area contributed by atoms with E-state index in [1.54, 1.807) is 48.7 Å². The maximum Gasteiger partial charge on any atom is 0.309 e. The number of Topliss-reactive ketones (excluding diaryl/α,β-unsaturated/α-hetero) is 1. The fraction of sp³-hybridized carbons (Fsp3) is 0.933. The summed E-state index contributed by atoms with van der Waals surface area (Å²) in [6.45, 7) is 17.3. The van der Waals surface area contributed by atoms with Gasteiger partial charge in [0.15, 0.2) is 0 Å². The Morgan fingerprint density at radius 2 is 1.49 bits per heavy atom. The number of hydrogen-bond acceptors (Lipinski definition) is 9. The summed E-state index contributed by atoms with van der Waals surface area (Å²) in [6.07, 6.45) is -3.78. The van der Waals surface area contributed by atoms with Crippen molar-refractivity contribution in [3.8, 4) is 0 Å². The Labute approximate surface area is 234 Å². The van der Waals surface area contributed by atoms with Gasteiger partial charge in [0.1, 0.15) is 23.6 Å². The summed E-state index contributed by atoms with van der Waals surface area (Å²) in [5, 5.41) is 44.9. The summed E-state index contributed by atoms with van der Waals surface area (Å²) in [7, 11) is 1.54. The minimum absolute atomic E-state index is 0.149. The van der Waals surface area contributed by atoms with Gasteiger partial charge in [-0.15, -0.1) is 0 Å². The van der Waals surface area contributed by atoms with Gasteiger partial charge >= 0.3 is 5.97 Å². The number of methoxy groups -OCH3 is 1. The molecule has 9 nitrogen and oxygen atoms in total. The predicted octanol–water partition coefficient (Wildman–Crippen LogP) is 2.88. The van der Waals surface area contributed by atoms with Crippen LogP contribution >= 0.6 is 0 Å². The predicted molar refractivity (Wildman–Crippen MR) is 147 cm³/mol. The Hall–Kier alpha value is -1.10. The molecule has 2 saturated heterocycles. The summed E-state index contributed by atoms with van der Waals surface area (Å²) < 4.78 is 17.9. The van der Waals surface area contributed by atoms with E-state index in [2.05, 4.69) is 0 Å². The van der Waals surface area contributed by atoms with Gasteiger partial charge in [-0.2, -0.15) is 0 Å². The molecule has 2 fully saturated rings. The molecule has 0 spiro atoms. The number of ether oxygens (including phenoxy) is 3. The number of carbonyl (C=O) groups excluding carboxylic acids is 2. The number of cyclic esters (lactones) is 1. The van der Waals surface area contributed by atoms with E-state index in [0.717, 1.165) is 0 Å². The average molecular weight is 559 g/mol. The zero-order valence-corrected chi connectivity index (χ0v) is 25.8. The third-order valence-corrected chi connectivity index (χ3v) is 10.3. The summed E-state index contributed by atoms with van der Waals surface area (Å²) in [4.78, 5) is 27.0. The highest BCUT2D eigenvalue weighted by Crippen LogP contribution is 2.45. The van der Waals surface area contributed by atoms with E-state index in [1.165, 1.54) is 6.92 Å². The number of hydrogen-bond donors (Lipinski definition) is 4. The van der Waals surface area contributed by atoms with Crippen molar-refractivity contribution in [2.45, 2.75) is 136 Å². The highest BCUT2D eigenvalue weighted by atomic mass is 16.6. The standard InChI is InChI=1S/C30H54O9/c1-12-22-30(10,36)25(32)18(5)24(31)15(2)13-28(8,35)19(6)16(3)23(17(4)27(34)39-22)21-14-29(9,37-11)26(33)20(7)38-21/h15-23,25-26,32-33,35-36H,12-14H2,1-11H3/t15-,16-,17-,18+,19-,20+,21?,22-,23+,25-,26+,28-,29-,30-/m1/s1. The van der Waals surface area contributed by atoms with Crippen molar-refractivity contribution in [1.29, 1.82) is 0 Å². The average Bonchev–Trinajstić information content (AvgIpc) is 2.87. The molecule has 0 aromatic heterocycles. The van der Waals surface area contributed by atoms with Gasteiger partial charge in [-0.1, -0.05) is 41.5 Å². The first kappa shape index (κ1) is 34.1. The molecule has 0 aliphatic carbocycles. The molecular weight excluding hydrogens is 504 g/mol. The van der Waals surface area contributed by atoms with Crippen molar-refractivity contribution in [3.05, 3.63) is 0 Å². The van der Waals surface area contributed by atoms with Crippen LogP contribution < -0.4 is 0 Å². The van der Waals surface area contributed by atoms with Gasteiger partial charge in [0.25, 0.3) is 0 Å². The Morgan fingerprint density at radius 1 is 0.923 bits per heavy atom. The highest BCUT2D eigenvalue weighted by Gasteiger charge is 2.53. The molecule has 9 heteroatoms. The maximum absolute atomic E-state index is 13.7. The zero-order valence-electron chi connectivity index (χ0n) is 25.8. The molecule has 4 N–H and O–H groups in total. The molecule has 0 amide bonds. The van der Waals surface area contributed by atoms with Crippen molar-refractivity contribution in [1.82, 2.24) is 0 Å². The van der Waals surface area contributed by atoms with Gasteiger partial charge in [0.2, 0.25) is 0 Å². The molecule has 0 aromatic rings. The van der Waals surface area contributed by atoms with Gasteiger partial charge in [-0.05, 0) is 52.4 Å². The van der Waals surface area contributed by atoms with Crippen molar-refractivity contribution in [2.24, 2.45) is 35.5 Å². The summed E-state index contributed by atoms with van der Waals surface area (Å²) in [5.74, 6) is -4.17. The summed E-state index contributed by atoms with van der Waals surface area (Å²) >= 11 is 0. The molecule has 14 atom stereocenters. The van der Waals surface area contributed by atoms with Crippen LogP contribution in [0, 0.1) is 35.5 Å². The second-order valence-electron chi connectivity index (χ2n) is 13.2. The SMILES string of the molecule is CC[C@H]1OC(=O)[C@H](C)[C@@H](C2C[C@@](C)(OC)[C@@H](O)[C@H](C)O2)[C@H](C)[C@@H](C)[C@](C)(O)C[C@@H](C)C(=O)[C@H](C)[C@@H](O)[C@]1(C)O. The molecular formula is C30H54O9. The molecule has 2 aliphatic rings. The molecule has 228 valence electrons. The lowest BCUT2D eigenvalue weighted by atomic mass is 9.65. The number of carbonyl (C=O) groups is 2. The molecule has 0 saturated carbocycles. The second kappa shape index (κ2) is 12.4. The Kier molecular flexibility index (Phi) is 10.9. The molecule has 0 bridgehead atoms. The fourth-order valence-corrected chi connectivity index (χ4v) is 7.09. The van der Waals surface area contributed by atoms with Crippen molar-refractivity contribution >= 4 is 11.8 Å². The number of rotatable bonds is 3. The first-order valence-corrected chi connectivity index (χ1v) is 14.5. The van der Waals surface area contributed by atoms with Gasteiger partial charge in [-0.3, -0.25) is 9.59 Å². The lowest BCUT2D eigenvalue weighted by Gasteiger charge is -2.50. The second-order valence-corrected chi connectivity index (χ2v) is 13.2. The van der Waals surface area contributed by atoms with E-state index >= 15 is 0 Å². The molecule has 2 aliphatic heterocycles. The Bertz CT molecular complexity index is 857. The number of aliphatic hydroxyl groups excluding tert-OH is 2. The summed E-state index contributed by atoms with van der Waals surface area (Å²) in [6, 6.07) is 0. The lowest BCUT2D eigenvalue weighted by molar-refractivity contribution is -0.236. The van der Waals surface area contributed by atoms with E-state index in [-0.39, 0.29) is 30.5 Å². The Balaban J connectivity index is 2.64. The molecule has 39 heavy (non-hydrogen) atoms. The van der Waals surface area contributed by atoms with E-state index in [9.17, 15) is 30.0 Å². The first-order valence-electron chi connectivity index (χ1n) is 14.5. The van der Waals surface area contributed by atoms with Gasteiger partial charge in [0, 0.05) is 31.3 Å². The zero-order chi connectivity index (χ0) is 30.2. The summed E-state index contributed by atoms with van der Waals surface area (Å²) in [5.41, 5.74) is -4.08. The first-order chi connectivity index (χ1) is 17.8. The number of esters is 1. The number of aliphatic hydroxyl groups is 4. The van der Waals surface area contributed by atoms with E-state index in [4.69, 9.17) is 14.2 Å². The monoisotopic (exact) mass is 558 g/mol. The quantitative estimate of drug-likeness (QED) is 0.385. The van der Waals surface area contributed by atoms with Crippen LogP contribution in [0.1, 0.15) is 88.5 Å². The highest BCUT2D eigenvalue weighted by molar-refractivity contribution is 5.83. The lowest BCUT2D eigenvalue weighted by Crippen LogP contribution is -2.60. The Morgan fingerprint density at radius 3 is 2.00 bits per heavy atom. The van der Waals surface area contributed by atoms with E-state index in [0.29, 0.717) is 6.42 Å². The van der Waals surface area contributed by atoms with Crippen LogP contribution in [0.15, 0.2) is 0 Å². The third kappa shape index (κ3) is 6.70. The molecule has 0 radical (unpaired) electrons. The van der Waals surface area contributed by atoms with Crippen LogP contribution in [-0.2, 0) is 23.8 Å². The number of ketones is 1. The minimum atomic E-state index is -1.88. The van der Waals surface area contributed by atoms with Gasteiger partial charge in [0.05, 0.1) is 35.4 Å². The van der Waals surface area contributed by atoms with Crippen LogP contribution in [0.3, 0.4) is 0 Å². The molecule has 0 aromatic carbocycles.